The summed E-state index contributed by atoms with van der Waals surface area (Å²) < 4.78 is 13.2. The zero-order valence-electron chi connectivity index (χ0n) is 10.4. The van der Waals surface area contributed by atoms with Crippen LogP contribution in [0.25, 0.3) is 0 Å². The lowest BCUT2D eigenvalue weighted by Gasteiger charge is -2.06. The van der Waals surface area contributed by atoms with Crippen LogP contribution in [0.15, 0.2) is 30.3 Å². The van der Waals surface area contributed by atoms with E-state index >= 15 is 0 Å². The predicted octanol–water partition coefficient (Wildman–Crippen LogP) is 2.62. The second-order valence-corrected chi connectivity index (χ2v) is 5.46. The van der Waals surface area contributed by atoms with Gasteiger partial charge in [0.15, 0.2) is 0 Å². The molecule has 0 aliphatic carbocycles. The molecule has 3 nitrogen and oxygen atoms in total. The molecule has 1 aromatic carbocycles. The fourth-order valence-corrected chi connectivity index (χ4v) is 2.47. The predicted molar refractivity (Wildman–Crippen MR) is 72.5 cm³/mol. The topological polar surface area (TPSA) is 49.3 Å². The van der Waals surface area contributed by atoms with E-state index in [1.54, 1.807) is 18.2 Å². The average Bonchev–Trinajstić information content (AvgIpc) is 2.84. The van der Waals surface area contributed by atoms with Crippen molar-refractivity contribution in [1.29, 1.82) is 0 Å². The standard InChI is InChI=1S/C14H14FNO2S/c1-9-2-5-13(19-9)14(18)16-7-10-3-4-12(15)11(6-10)8-17/h2-6,17H,7-8H2,1H3,(H,16,18). The van der Waals surface area contributed by atoms with E-state index < -0.39 is 5.82 Å². The van der Waals surface area contributed by atoms with Crippen LogP contribution in [-0.2, 0) is 13.2 Å². The monoisotopic (exact) mass is 279 g/mol. The van der Waals surface area contributed by atoms with Crippen molar-refractivity contribution < 1.29 is 14.3 Å². The van der Waals surface area contributed by atoms with Crippen molar-refractivity contribution in [3.63, 3.8) is 0 Å². The first kappa shape index (κ1) is 13.7. The number of amides is 1. The molecule has 0 fully saturated rings. The van der Waals surface area contributed by atoms with Crippen LogP contribution in [0.3, 0.4) is 0 Å². The Morgan fingerprint density at radius 2 is 2.16 bits per heavy atom. The minimum Gasteiger partial charge on any atom is -0.392 e. The van der Waals surface area contributed by atoms with Gasteiger partial charge in [-0.2, -0.15) is 0 Å². The third-order valence-corrected chi connectivity index (χ3v) is 3.70. The molecule has 1 amide bonds. The van der Waals surface area contributed by atoms with Crippen molar-refractivity contribution in [2.24, 2.45) is 0 Å². The molecule has 0 atom stereocenters. The van der Waals surface area contributed by atoms with Crippen LogP contribution in [0.5, 0.6) is 0 Å². The van der Waals surface area contributed by atoms with E-state index in [-0.39, 0.29) is 18.1 Å². The quantitative estimate of drug-likeness (QED) is 0.904. The summed E-state index contributed by atoms with van der Waals surface area (Å²) in [6.07, 6.45) is 0. The number of rotatable bonds is 4. The molecule has 5 heteroatoms. The number of aliphatic hydroxyl groups is 1. The van der Waals surface area contributed by atoms with Gasteiger partial charge in [-0.25, -0.2) is 4.39 Å². The Labute approximate surface area is 114 Å². The molecule has 2 aromatic rings. The van der Waals surface area contributed by atoms with Gasteiger partial charge in [-0.05, 0) is 36.8 Å². The second-order valence-electron chi connectivity index (χ2n) is 4.18. The summed E-state index contributed by atoms with van der Waals surface area (Å²) >= 11 is 1.43. The normalized spacial score (nSPS) is 10.5. The number of aryl methyl sites for hydroxylation is 1. The number of carbonyl (C=O) groups excluding carboxylic acids is 1. The van der Waals surface area contributed by atoms with E-state index in [9.17, 15) is 9.18 Å². The van der Waals surface area contributed by atoms with Crippen LogP contribution >= 0.6 is 11.3 Å². The summed E-state index contributed by atoms with van der Waals surface area (Å²) in [6, 6.07) is 8.10. The lowest BCUT2D eigenvalue weighted by molar-refractivity contribution is 0.0955. The molecule has 0 spiro atoms. The van der Waals surface area contributed by atoms with Crippen molar-refractivity contribution >= 4 is 17.2 Å². The first-order valence-electron chi connectivity index (χ1n) is 5.83. The molecule has 0 aliphatic rings. The number of aliphatic hydroxyl groups excluding tert-OH is 1. The van der Waals surface area contributed by atoms with Crippen molar-refractivity contribution in [1.82, 2.24) is 5.32 Å². The SMILES string of the molecule is Cc1ccc(C(=O)NCc2ccc(F)c(CO)c2)s1. The molecule has 0 bridgehead atoms. The second kappa shape index (κ2) is 5.95. The van der Waals surface area contributed by atoms with Gasteiger partial charge in [-0.15, -0.1) is 11.3 Å². The van der Waals surface area contributed by atoms with Gasteiger partial charge in [0.25, 0.3) is 5.91 Å². The number of benzene rings is 1. The van der Waals surface area contributed by atoms with Gasteiger partial charge in [0.05, 0.1) is 11.5 Å². The van der Waals surface area contributed by atoms with E-state index in [0.717, 1.165) is 10.4 Å². The smallest absolute Gasteiger partial charge is 0.261 e. The van der Waals surface area contributed by atoms with Gasteiger partial charge >= 0.3 is 0 Å². The molecule has 0 radical (unpaired) electrons. The molecule has 0 unspecified atom stereocenters. The summed E-state index contributed by atoms with van der Waals surface area (Å²) in [5.41, 5.74) is 0.991. The molecular formula is C14H14FNO2S. The zero-order chi connectivity index (χ0) is 13.8. The molecular weight excluding hydrogens is 265 g/mol. The minimum atomic E-state index is -0.438. The fraction of sp³-hybridized carbons (Fsp3) is 0.214. The van der Waals surface area contributed by atoms with Gasteiger partial charge in [0, 0.05) is 17.0 Å². The highest BCUT2D eigenvalue weighted by atomic mass is 32.1. The summed E-state index contributed by atoms with van der Waals surface area (Å²) in [7, 11) is 0. The van der Waals surface area contributed by atoms with E-state index in [1.807, 2.05) is 13.0 Å². The Kier molecular flexibility index (Phi) is 4.29. The zero-order valence-corrected chi connectivity index (χ0v) is 11.3. The minimum absolute atomic E-state index is 0.145. The molecule has 0 saturated heterocycles. The Morgan fingerprint density at radius 3 is 2.79 bits per heavy atom. The fourth-order valence-electron chi connectivity index (χ4n) is 1.69. The molecule has 2 N–H and O–H groups in total. The third-order valence-electron chi connectivity index (χ3n) is 2.70. The Balaban J connectivity index is 2.01. The first-order valence-corrected chi connectivity index (χ1v) is 6.64. The summed E-state index contributed by atoms with van der Waals surface area (Å²) in [5, 5.41) is 11.7. The number of hydrogen-bond acceptors (Lipinski definition) is 3. The van der Waals surface area contributed by atoms with Gasteiger partial charge in [0.1, 0.15) is 5.82 Å². The maximum absolute atomic E-state index is 13.2. The first-order chi connectivity index (χ1) is 9.10. The summed E-state index contributed by atoms with van der Waals surface area (Å²) in [4.78, 5) is 13.6. The van der Waals surface area contributed by atoms with Crippen LogP contribution in [0.1, 0.15) is 25.7 Å². The number of thiophene rings is 1. The van der Waals surface area contributed by atoms with Crippen LogP contribution in [0, 0.1) is 12.7 Å². The molecule has 100 valence electrons. The molecule has 0 aliphatic heterocycles. The van der Waals surface area contributed by atoms with Crippen LogP contribution in [0.4, 0.5) is 4.39 Å². The van der Waals surface area contributed by atoms with E-state index in [4.69, 9.17) is 5.11 Å². The summed E-state index contributed by atoms with van der Waals surface area (Å²) in [5.74, 6) is -0.584. The maximum atomic E-state index is 13.2. The molecule has 2 rings (SSSR count). The largest absolute Gasteiger partial charge is 0.392 e. The Bertz CT molecular complexity index is 595. The van der Waals surface area contributed by atoms with Crippen molar-refractivity contribution in [3.8, 4) is 0 Å². The average molecular weight is 279 g/mol. The van der Waals surface area contributed by atoms with Gasteiger partial charge in [-0.3, -0.25) is 4.79 Å². The number of halogens is 1. The number of carbonyl (C=O) groups is 1. The van der Waals surface area contributed by atoms with Gasteiger partial charge in [0.2, 0.25) is 0 Å². The maximum Gasteiger partial charge on any atom is 0.261 e. The molecule has 19 heavy (non-hydrogen) atoms. The van der Waals surface area contributed by atoms with Crippen molar-refractivity contribution in [3.05, 3.63) is 57.0 Å². The van der Waals surface area contributed by atoms with Crippen LogP contribution < -0.4 is 5.32 Å². The highest BCUT2D eigenvalue weighted by Crippen LogP contribution is 2.15. The van der Waals surface area contributed by atoms with Gasteiger partial charge in [-0.1, -0.05) is 6.07 Å². The molecule has 1 aromatic heterocycles. The van der Waals surface area contributed by atoms with E-state index in [2.05, 4.69) is 5.32 Å². The Hall–Kier alpha value is -1.72. The van der Waals surface area contributed by atoms with Crippen LogP contribution in [0.2, 0.25) is 0 Å². The third kappa shape index (κ3) is 3.39. The van der Waals surface area contributed by atoms with E-state index in [1.165, 1.54) is 17.4 Å². The summed E-state index contributed by atoms with van der Waals surface area (Å²) in [6.45, 7) is 1.90. The molecule has 1 heterocycles. The lowest BCUT2D eigenvalue weighted by Crippen LogP contribution is -2.21. The van der Waals surface area contributed by atoms with Crippen molar-refractivity contribution in [2.45, 2.75) is 20.1 Å². The van der Waals surface area contributed by atoms with E-state index in [0.29, 0.717) is 11.4 Å². The molecule has 0 saturated carbocycles. The lowest BCUT2D eigenvalue weighted by atomic mass is 10.1. The highest BCUT2D eigenvalue weighted by molar-refractivity contribution is 7.13. The Morgan fingerprint density at radius 1 is 1.37 bits per heavy atom. The van der Waals surface area contributed by atoms with Crippen molar-refractivity contribution in [2.75, 3.05) is 0 Å². The van der Waals surface area contributed by atoms with Crippen LogP contribution in [-0.4, -0.2) is 11.0 Å². The van der Waals surface area contributed by atoms with Gasteiger partial charge < -0.3 is 10.4 Å². The number of hydrogen-bond donors (Lipinski definition) is 2. The highest BCUT2D eigenvalue weighted by Gasteiger charge is 2.08. The number of nitrogens with one attached hydrogen (secondary N) is 1.